The Hall–Kier alpha value is -9.45. The van der Waals surface area contributed by atoms with Gasteiger partial charge in [0.2, 0.25) is 65.0 Å². The van der Waals surface area contributed by atoms with Gasteiger partial charge in [-0.05, 0) is 131 Å². The van der Waals surface area contributed by atoms with Gasteiger partial charge in [-0.1, -0.05) is 111 Å². The summed E-state index contributed by atoms with van der Waals surface area (Å²) in [6.45, 7) is 24.5. The van der Waals surface area contributed by atoms with Crippen LogP contribution in [0.4, 0.5) is 14.4 Å². The zero-order chi connectivity index (χ0) is 82.8. The highest BCUT2D eigenvalue weighted by atomic mass is 16.6. The molecule has 0 aliphatic carbocycles. The van der Waals surface area contributed by atoms with E-state index in [2.05, 4.69) is 74.4 Å². The number of nitrogens with one attached hydrogen (secondary N) is 14. The van der Waals surface area contributed by atoms with Gasteiger partial charge in [-0.3, -0.25) is 52.7 Å². The van der Waals surface area contributed by atoms with Crippen LogP contribution in [-0.2, 0) is 82.9 Å². The number of aliphatic hydroxyl groups is 2. The zero-order valence-electron chi connectivity index (χ0n) is 66.5. The second-order valence-electron chi connectivity index (χ2n) is 29.8. The molecule has 0 aromatic heterocycles. The lowest BCUT2D eigenvalue weighted by Gasteiger charge is -2.38. The molecule has 1 aliphatic rings. The summed E-state index contributed by atoms with van der Waals surface area (Å²) >= 11 is 0. The molecular formula is C73H123N15O21. The minimum Gasteiger partial charge on any atom is -0.458 e. The van der Waals surface area contributed by atoms with E-state index in [1.807, 2.05) is 30.3 Å². The Morgan fingerprint density at radius 1 is 0.587 bits per heavy atom. The monoisotopic (exact) mass is 1550 g/mol. The highest BCUT2D eigenvalue weighted by Crippen LogP contribution is 2.24. The molecule has 1 fully saturated rings. The summed E-state index contributed by atoms with van der Waals surface area (Å²) in [5.41, 5.74) is 2.68. The van der Waals surface area contributed by atoms with Gasteiger partial charge in [-0.15, -0.1) is 0 Å². The smallest absolute Gasteiger partial charge is 0.407 e. The Kier molecular flexibility index (Phi) is 40.5. The molecule has 36 heteroatoms. The Morgan fingerprint density at radius 3 is 1.61 bits per heavy atom. The summed E-state index contributed by atoms with van der Waals surface area (Å²) < 4.78 is 21.8. The summed E-state index contributed by atoms with van der Waals surface area (Å²) in [6.07, 6.45) is -4.43. The normalized spacial score (nSPS) is 19.7. The van der Waals surface area contributed by atoms with Gasteiger partial charge in [-0.2, -0.15) is 0 Å². The van der Waals surface area contributed by atoms with E-state index < -0.39 is 228 Å². The maximum absolute atomic E-state index is 14.7. The SMILES string of the molecule is CC[C@@H](C)[C@@H](NC(=O)[C@@H](CCC(N)=O)NC(=O)[C@H](CO)NC(=O)[C@@H](NC(=O)[C@@H](Cc1ccccc1)NC)[C@@H](C)CC)C(=O)N[C@](C)(C(=O)N[C@@H](CO)C(=O)N[C@H]1C(=O)N[C@@H](C)C(=O)N[C@@H](CCCCNC(=O)OC(CNC(=O)OC(C)(C)C)CNC(=O)OC(C)(C)C)C(=O)N[C@@H]([C@@H](C)CC)C(=O)O[C@H]1C)[C@@H](C)CC. The maximum atomic E-state index is 14.7. The molecule has 1 aromatic carbocycles. The molecule has 1 saturated heterocycles. The number of cyclic esters (lactones) is 1. The number of hydrogen-bond donors (Lipinski definition) is 17. The fourth-order valence-electron chi connectivity index (χ4n) is 10.9. The number of carbonyl (C=O) groups is 15. The Morgan fingerprint density at radius 2 is 1.11 bits per heavy atom. The third-order valence-corrected chi connectivity index (χ3v) is 18.6. The lowest BCUT2D eigenvalue weighted by molar-refractivity contribution is -0.157. The molecule has 0 radical (unpaired) electrons. The number of rotatable bonds is 40. The van der Waals surface area contributed by atoms with Crippen LogP contribution >= 0.6 is 0 Å². The van der Waals surface area contributed by atoms with Gasteiger partial charge in [0.25, 0.3) is 0 Å². The number of unbranched alkanes of at least 4 members (excludes halogenated alkanes) is 1. The first kappa shape index (κ1) is 95.6. The topological polar surface area (TPSA) is 528 Å². The molecule has 16 atom stereocenters. The molecular weight excluding hydrogens is 1420 g/mol. The molecule has 0 saturated carbocycles. The predicted octanol–water partition coefficient (Wildman–Crippen LogP) is -0.231. The van der Waals surface area contributed by atoms with Gasteiger partial charge in [-0.25, -0.2) is 19.2 Å². The third kappa shape index (κ3) is 33.1. The van der Waals surface area contributed by atoms with E-state index in [1.165, 1.54) is 20.8 Å². The van der Waals surface area contributed by atoms with E-state index in [4.69, 9.17) is 24.7 Å². The van der Waals surface area contributed by atoms with Crippen molar-refractivity contribution in [2.75, 3.05) is 39.9 Å². The number of carbonyl (C=O) groups excluding carboxylic acids is 15. The molecule has 36 nitrogen and oxygen atoms in total. The second-order valence-corrected chi connectivity index (χ2v) is 29.8. The molecule has 1 aromatic rings. The number of benzene rings is 1. The predicted molar refractivity (Wildman–Crippen MR) is 399 cm³/mol. The molecule has 616 valence electrons. The zero-order valence-corrected chi connectivity index (χ0v) is 66.5. The number of esters is 1. The van der Waals surface area contributed by atoms with Crippen LogP contribution in [0.1, 0.15) is 181 Å². The fourth-order valence-corrected chi connectivity index (χ4v) is 10.9. The lowest BCUT2D eigenvalue weighted by atomic mass is 9.83. The standard InChI is InChI=1S/C73H123N15O21/c1-19-39(5)53(84-60(95)49(75-18)34-45-28-24-23-25-29-45)63(98)82-50(37-89)61(96)81-48(31-32-52(74)91)59(94)85-54(40(6)20-2)65(100)88-73(17,42(8)22-4)67(102)83-51(38-90)62(97)87-56-44(10)106-66(101)55(41(7)21-3)86-58(93)47(80-57(92)43(9)79-64(56)99)30-26-27-33-76-68(103)107-46(35-77-69(104)108-71(11,12)13)36-78-70(105)109-72(14,15)16/h23-25,28-29,39-44,46-51,53-56,75,89-90H,19-22,26-27,30-38H2,1-18H3,(H2,74,91)(H,76,103)(H,77,104)(H,78,105)(H,79,99)(H,80,92)(H,81,96)(H,82,98)(H,83,102)(H,84,95)(H,85,94)(H,86,93)(H,87,97)(H,88,100)/t39-,40+,41-,42-,43-,44-,47-,48+,49+,50-,51-,53-,54+,55-,56+,73-/m0/s1. The van der Waals surface area contributed by atoms with Crippen molar-refractivity contribution in [3.63, 3.8) is 0 Å². The highest BCUT2D eigenvalue weighted by molar-refractivity contribution is 6.00. The van der Waals surface area contributed by atoms with Gasteiger partial charge >= 0.3 is 24.2 Å². The van der Waals surface area contributed by atoms with Gasteiger partial charge in [0.15, 0.2) is 0 Å². The van der Waals surface area contributed by atoms with Crippen molar-refractivity contribution in [2.24, 2.45) is 29.4 Å². The average Bonchev–Trinajstić information content (AvgIpc) is 0.930. The largest absolute Gasteiger partial charge is 0.458 e. The maximum Gasteiger partial charge on any atom is 0.407 e. The first-order valence-electron chi connectivity index (χ1n) is 37.3. The van der Waals surface area contributed by atoms with Gasteiger partial charge in [0.05, 0.1) is 32.3 Å². The van der Waals surface area contributed by atoms with Gasteiger partial charge < -0.3 is 109 Å². The van der Waals surface area contributed by atoms with E-state index in [1.54, 1.807) is 104 Å². The number of likely N-dealkylation sites (N-methyl/N-ethyl adjacent to an activating group) is 1. The first-order chi connectivity index (χ1) is 50.9. The van der Waals surface area contributed by atoms with Crippen LogP contribution in [0.3, 0.4) is 0 Å². The van der Waals surface area contributed by atoms with Crippen molar-refractivity contribution in [3.05, 3.63) is 35.9 Å². The fraction of sp³-hybridized carbons (Fsp3) is 0.712. The van der Waals surface area contributed by atoms with E-state index in [0.29, 0.717) is 12.8 Å². The van der Waals surface area contributed by atoms with Crippen LogP contribution in [0.2, 0.25) is 0 Å². The van der Waals surface area contributed by atoms with Crippen molar-refractivity contribution in [1.82, 2.24) is 74.4 Å². The number of aliphatic hydroxyl groups excluding tert-OH is 2. The summed E-state index contributed by atoms with van der Waals surface area (Å²) in [4.78, 5) is 206. The Bertz CT molecular complexity index is 3190. The van der Waals surface area contributed by atoms with Gasteiger partial charge in [0, 0.05) is 13.0 Å². The molecule has 0 unspecified atom stereocenters. The van der Waals surface area contributed by atoms with Crippen molar-refractivity contribution in [2.45, 2.75) is 271 Å². The van der Waals surface area contributed by atoms with Crippen LogP contribution in [0.5, 0.6) is 0 Å². The molecule has 1 aliphatic heterocycles. The molecule has 2 rings (SSSR count). The van der Waals surface area contributed by atoms with Crippen molar-refractivity contribution in [1.29, 1.82) is 0 Å². The number of amides is 14. The Balaban J connectivity index is 2.38. The third-order valence-electron chi connectivity index (χ3n) is 18.6. The van der Waals surface area contributed by atoms with Crippen LogP contribution < -0.4 is 80.2 Å². The van der Waals surface area contributed by atoms with E-state index in [0.717, 1.165) is 5.56 Å². The van der Waals surface area contributed by atoms with Crippen molar-refractivity contribution < 1.29 is 101 Å². The average molecular weight is 1550 g/mol. The second kappa shape index (κ2) is 46.2. The molecule has 109 heavy (non-hydrogen) atoms. The summed E-state index contributed by atoms with van der Waals surface area (Å²) in [5.74, 6) is -14.0. The molecule has 14 amide bonds. The van der Waals surface area contributed by atoms with Crippen LogP contribution in [0.25, 0.3) is 0 Å². The molecule has 0 bridgehead atoms. The van der Waals surface area contributed by atoms with Crippen LogP contribution in [0.15, 0.2) is 30.3 Å². The first-order valence-corrected chi connectivity index (χ1v) is 37.3. The van der Waals surface area contributed by atoms with Crippen LogP contribution in [-0.4, -0.2) is 229 Å². The minimum absolute atomic E-state index is 0.0310. The highest BCUT2D eigenvalue weighted by Gasteiger charge is 2.45. The molecule has 1 heterocycles. The summed E-state index contributed by atoms with van der Waals surface area (Å²) in [6, 6.07) is -5.57. The quantitative estimate of drug-likeness (QED) is 0.0229. The molecule has 18 N–H and O–H groups in total. The number of alkyl carbamates (subject to hydrolysis) is 3. The van der Waals surface area contributed by atoms with Crippen molar-refractivity contribution in [3.8, 4) is 0 Å². The Labute approximate surface area is 638 Å². The van der Waals surface area contributed by atoms with Crippen LogP contribution in [0, 0.1) is 23.7 Å². The van der Waals surface area contributed by atoms with E-state index in [9.17, 15) is 82.1 Å². The van der Waals surface area contributed by atoms with E-state index in [-0.39, 0.29) is 58.2 Å². The lowest BCUT2D eigenvalue weighted by Crippen LogP contribution is -2.67. The minimum atomic E-state index is -1.98. The number of nitrogens with two attached hydrogens (primary N) is 1. The molecule has 0 spiro atoms. The van der Waals surface area contributed by atoms with Gasteiger partial charge in [0.1, 0.15) is 83.3 Å². The number of ether oxygens (including phenoxy) is 4. The number of hydrogen-bond acceptors (Lipinski definition) is 22. The van der Waals surface area contributed by atoms with Crippen molar-refractivity contribution >= 4 is 89.2 Å². The summed E-state index contributed by atoms with van der Waals surface area (Å²) in [7, 11) is 1.59. The summed E-state index contributed by atoms with van der Waals surface area (Å²) in [5, 5.41) is 57.3. The van der Waals surface area contributed by atoms with E-state index >= 15 is 0 Å². The number of primary amides is 1.